The monoisotopic (exact) mass is 418 g/mol. The van der Waals surface area contributed by atoms with Crippen LogP contribution >= 0.6 is 0 Å². The predicted molar refractivity (Wildman–Crippen MR) is 127 cm³/mol. The highest BCUT2D eigenvalue weighted by molar-refractivity contribution is 5.94. The zero-order valence-electron chi connectivity index (χ0n) is 19.8. The van der Waals surface area contributed by atoms with E-state index in [-0.39, 0.29) is 5.91 Å². The minimum Gasteiger partial charge on any atom is -0.354 e. The fourth-order valence-electron chi connectivity index (χ4n) is 3.16. The summed E-state index contributed by atoms with van der Waals surface area (Å²) in [5, 5.41) is 9.77. The first-order valence-corrected chi connectivity index (χ1v) is 11.1. The number of carbonyl (C=O) groups is 1. The summed E-state index contributed by atoms with van der Waals surface area (Å²) in [5.41, 5.74) is 1.73. The third-order valence-electron chi connectivity index (χ3n) is 5.11. The van der Waals surface area contributed by atoms with Crippen molar-refractivity contribution in [3.05, 3.63) is 35.4 Å². The van der Waals surface area contributed by atoms with Gasteiger partial charge in [0.25, 0.3) is 5.91 Å². The van der Waals surface area contributed by atoms with Crippen molar-refractivity contribution in [2.24, 2.45) is 4.99 Å². The van der Waals surface area contributed by atoms with Gasteiger partial charge in [-0.05, 0) is 71.2 Å². The highest BCUT2D eigenvalue weighted by atomic mass is 16.1. The van der Waals surface area contributed by atoms with Gasteiger partial charge in [0.2, 0.25) is 0 Å². The molecule has 0 aliphatic carbocycles. The van der Waals surface area contributed by atoms with E-state index in [1.54, 1.807) is 7.05 Å². The van der Waals surface area contributed by atoms with Crippen molar-refractivity contribution in [2.75, 3.05) is 53.9 Å². The fourth-order valence-corrected chi connectivity index (χ4v) is 3.16. The van der Waals surface area contributed by atoms with E-state index in [4.69, 9.17) is 0 Å². The second kappa shape index (κ2) is 14.8. The summed E-state index contributed by atoms with van der Waals surface area (Å²) in [7, 11) is 5.77. The van der Waals surface area contributed by atoms with Crippen molar-refractivity contribution < 1.29 is 4.79 Å². The number of benzene rings is 1. The third-order valence-corrected chi connectivity index (χ3v) is 5.11. The van der Waals surface area contributed by atoms with Gasteiger partial charge in [0.1, 0.15) is 0 Å². The van der Waals surface area contributed by atoms with Gasteiger partial charge in [-0.25, -0.2) is 0 Å². The van der Waals surface area contributed by atoms with Gasteiger partial charge in [-0.2, -0.15) is 0 Å². The van der Waals surface area contributed by atoms with Gasteiger partial charge >= 0.3 is 0 Å². The molecule has 170 valence electrons. The molecule has 0 bridgehead atoms. The molecule has 1 unspecified atom stereocenters. The van der Waals surface area contributed by atoms with Crippen molar-refractivity contribution in [1.29, 1.82) is 0 Å². The van der Waals surface area contributed by atoms with Crippen LogP contribution in [0.4, 0.5) is 0 Å². The van der Waals surface area contributed by atoms with E-state index >= 15 is 0 Å². The molecule has 0 radical (unpaired) electrons. The Morgan fingerprint density at radius 1 is 1.13 bits per heavy atom. The Bertz CT molecular complexity index is 642. The number of hydrogen-bond acceptors (Lipinski definition) is 4. The number of likely N-dealkylation sites (N-methyl/N-ethyl adjacent to an activating group) is 1. The summed E-state index contributed by atoms with van der Waals surface area (Å²) >= 11 is 0. The first-order chi connectivity index (χ1) is 14.4. The summed E-state index contributed by atoms with van der Waals surface area (Å²) in [6.07, 6.45) is 2.26. The molecule has 7 nitrogen and oxygen atoms in total. The molecular formula is C23H42N6O. The highest BCUT2D eigenvalue weighted by Crippen LogP contribution is 2.05. The second-order valence-corrected chi connectivity index (χ2v) is 7.90. The molecular weight excluding hydrogens is 376 g/mol. The van der Waals surface area contributed by atoms with Crippen LogP contribution in [0.15, 0.2) is 29.3 Å². The smallest absolute Gasteiger partial charge is 0.251 e. The van der Waals surface area contributed by atoms with Crippen molar-refractivity contribution in [3.8, 4) is 0 Å². The maximum atomic E-state index is 12.3. The molecule has 1 aromatic carbocycles. The maximum absolute atomic E-state index is 12.3. The van der Waals surface area contributed by atoms with Gasteiger partial charge in [0.15, 0.2) is 5.96 Å². The van der Waals surface area contributed by atoms with Crippen LogP contribution in [-0.4, -0.2) is 81.6 Å². The maximum Gasteiger partial charge on any atom is 0.251 e. The van der Waals surface area contributed by atoms with Crippen molar-refractivity contribution >= 4 is 11.9 Å². The molecule has 1 aromatic rings. The van der Waals surface area contributed by atoms with Crippen molar-refractivity contribution in [3.63, 3.8) is 0 Å². The Morgan fingerprint density at radius 3 is 2.50 bits per heavy atom. The lowest BCUT2D eigenvalue weighted by atomic mass is 10.1. The van der Waals surface area contributed by atoms with Crippen molar-refractivity contribution in [1.82, 2.24) is 25.8 Å². The predicted octanol–water partition coefficient (Wildman–Crippen LogP) is 2.15. The van der Waals surface area contributed by atoms with Gasteiger partial charge in [-0.3, -0.25) is 9.79 Å². The molecule has 0 heterocycles. The largest absolute Gasteiger partial charge is 0.354 e. The SMILES string of the molecule is CCN(CC)CCCC(C)NC(=NC)NCc1cccc(C(=O)NCCN(C)C)c1. The number of rotatable bonds is 13. The van der Waals surface area contributed by atoms with E-state index in [1.165, 1.54) is 0 Å². The number of aliphatic imine (C=N–C) groups is 1. The Hall–Kier alpha value is -2.12. The molecule has 3 N–H and O–H groups in total. The molecule has 7 heteroatoms. The van der Waals surface area contributed by atoms with Crippen LogP contribution in [0.5, 0.6) is 0 Å². The summed E-state index contributed by atoms with van der Waals surface area (Å²) in [6.45, 7) is 12.0. The number of hydrogen-bond donors (Lipinski definition) is 3. The minimum atomic E-state index is -0.0389. The quantitative estimate of drug-likeness (QED) is 0.338. The lowest BCUT2D eigenvalue weighted by molar-refractivity contribution is 0.0951. The van der Waals surface area contributed by atoms with Crippen LogP contribution < -0.4 is 16.0 Å². The Labute approximate surface area is 183 Å². The standard InChI is InChI=1S/C23H42N6O/c1-7-29(8-2)15-10-11-19(3)27-23(24-4)26-18-20-12-9-13-21(17-20)22(30)25-14-16-28(5)6/h9,12-13,17,19H,7-8,10-11,14-16,18H2,1-6H3,(H,25,30)(H2,24,26,27). The first kappa shape index (κ1) is 25.9. The molecule has 1 rings (SSSR count). The van der Waals surface area contributed by atoms with Crippen molar-refractivity contribution in [2.45, 2.75) is 46.2 Å². The Kier molecular flexibility index (Phi) is 12.8. The zero-order chi connectivity index (χ0) is 22.4. The van der Waals surface area contributed by atoms with Gasteiger partial charge < -0.3 is 25.8 Å². The molecule has 0 saturated carbocycles. The topological polar surface area (TPSA) is 72.0 Å². The molecule has 0 aliphatic rings. The van der Waals surface area contributed by atoms with Crippen LogP contribution in [0, 0.1) is 0 Å². The van der Waals surface area contributed by atoms with Crippen LogP contribution in [0.2, 0.25) is 0 Å². The van der Waals surface area contributed by atoms with Gasteiger partial charge in [-0.1, -0.05) is 26.0 Å². The summed E-state index contributed by atoms with van der Waals surface area (Å²) in [5.74, 6) is 0.745. The van der Waals surface area contributed by atoms with E-state index in [0.29, 0.717) is 24.7 Å². The summed E-state index contributed by atoms with van der Waals surface area (Å²) in [4.78, 5) is 21.1. The number of amides is 1. The van der Waals surface area contributed by atoms with Gasteiger partial charge in [-0.15, -0.1) is 0 Å². The number of nitrogens with zero attached hydrogens (tertiary/aromatic N) is 3. The van der Waals surface area contributed by atoms with Crippen LogP contribution in [-0.2, 0) is 6.54 Å². The molecule has 0 aliphatic heterocycles. The molecule has 1 atom stereocenters. The van der Waals surface area contributed by atoms with Crippen LogP contribution in [0.3, 0.4) is 0 Å². The normalized spacial score (nSPS) is 12.9. The summed E-state index contributed by atoms with van der Waals surface area (Å²) < 4.78 is 0. The summed E-state index contributed by atoms with van der Waals surface area (Å²) in [6, 6.07) is 8.06. The van der Waals surface area contributed by atoms with Crippen LogP contribution in [0.1, 0.15) is 49.5 Å². The van der Waals surface area contributed by atoms with E-state index in [9.17, 15) is 4.79 Å². The molecule has 0 fully saturated rings. The van der Waals surface area contributed by atoms with E-state index in [2.05, 4.69) is 46.6 Å². The van der Waals surface area contributed by atoms with Crippen LogP contribution in [0.25, 0.3) is 0 Å². The average molecular weight is 419 g/mol. The van der Waals surface area contributed by atoms with E-state index in [1.807, 2.05) is 43.3 Å². The molecule has 0 spiro atoms. The third kappa shape index (κ3) is 10.6. The molecule has 1 amide bonds. The van der Waals surface area contributed by atoms with Gasteiger partial charge in [0, 0.05) is 38.3 Å². The second-order valence-electron chi connectivity index (χ2n) is 7.90. The number of carbonyl (C=O) groups excluding carboxylic acids is 1. The molecule has 30 heavy (non-hydrogen) atoms. The number of nitrogens with one attached hydrogen (secondary N) is 3. The van der Waals surface area contributed by atoms with Gasteiger partial charge in [0.05, 0.1) is 0 Å². The first-order valence-electron chi connectivity index (χ1n) is 11.1. The molecule has 0 saturated heterocycles. The highest BCUT2D eigenvalue weighted by Gasteiger charge is 2.08. The molecule has 0 aromatic heterocycles. The van der Waals surface area contributed by atoms with E-state index in [0.717, 1.165) is 50.5 Å². The Morgan fingerprint density at radius 2 is 1.87 bits per heavy atom. The van der Waals surface area contributed by atoms with E-state index < -0.39 is 0 Å². The minimum absolute atomic E-state index is 0.0389. The Balaban J connectivity index is 2.46. The average Bonchev–Trinajstić information content (AvgIpc) is 2.74. The lowest BCUT2D eigenvalue weighted by Crippen LogP contribution is -2.42. The lowest BCUT2D eigenvalue weighted by Gasteiger charge is -2.21. The zero-order valence-corrected chi connectivity index (χ0v) is 19.8. The fraction of sp³-hybridized carbons (Fsp3) is 0.652. The number of guanidine groups is 1.